The van der Waals surface area contributed by atoms with Gasteiger partial charge >= 0.3 is 0 Å². The summed E-state index contributed by atoms with van der Waals surface area (Å²) < 4.78 is 0. The van der Waals surface area contributed by atoms with Crippen molar-refractivity contribution in [1.29, 1.82) is 0 Å². The SMILES string of the molecule is CC1(C)c2cc(N(c3ccc(-c4c(-c5ccccc5)cccc4-c4ccccc4)cc3)c3cc4ccc3CCc3ccc(c(N(c5ccccc5)c5ccc(C6CC7CCC6C7)cc5)c3)CC4)ccc2-c2c(-c3ccccc3)cccc21. The van der Waals surface area contributed by atoms with Crippen LogP contribution in [-0.4, -0.2) is 0 Å². The molecule has 2 saturated carbocycles. The molecule has 7 aliphatic carbocycles. The average molecular weight is 1060 g/mol. The summed E-state index contributed by atoms with van der Waals surface area (Å²) in [6.45, 7) is 4.84. The zero-order valence-corrected chi connectivity index (χ0v) is 47.1. The first-order valence-electron chi connectivity index (χ1n) is 30.1. The maximum atomic E-state index is 2.58. The summed E-state index contributed by atoms with van der Waals surface area (Å²) in [5.74, 6) is 2.50. The molecule has 18 rings (SSSR count). The first kappa shape index (κ1) is 50.0. The van der Waals surface area contributed by atoms with Gasteiger partial charge in [-0.05, 0) is 218 Å². The number of benzene rings is 11. The highest BCUT2D eigenvalue weighted by atomic mass is 15.2. The van der Waals surface area contributed by atoms with Crippen LogP contribution in [0.15, 0.2) is 261 Å². The van der Waals surface area contributed by atoms with E-state index in [1.165, 1.54) is 149 Å². The lowest BCUT2D eigenvalue weighted by Gasteiger charge is -2.31. The zero-order valence-electron chi connectivity index (χ0n) is 47.1. The van der Waals surface area contributed by atoms with Crippen molar-refractivity contribution in [3.8, 4) is 55.6 Å². The molecule has 0 amide bonds. The number of hydrogen-bond donors (Lipinski definition) is 0. The van der Waals surface area contributed by atoms with E-state index in [-0.39, 0.29) is 5.41 Å². The van der Waals surface area contributed by atoms with Gasteiger partial charge in [0.2, 0.25) is 0 Å². The van der Waals surface area contributed by atoms with Gasteiger partial charge in [-0.2, -0.15) is 0 Å². The second-order valence-electron chi connectivity index (χ2n) is 24.3. The number of anilines is 6. The van der Waals surface area contributed by atoms with E-state index in [2.05, 4.69) is 285 Å². The molecule has 0 radical (unpaired) electrons. The van der Waals surface area contributed by atoms with Crippen LogP contribution < -0.4 is 9.80 Å². The fraction of sp³-hybridized carbons (Fsp3) is 0.175. The maximum Gasteiger partial charge on any atom is 0.0496 e. The maximum absolute atomic E-state index is 2.58. The minimum atomic E-state index is -0.216. The molecule has 6 bridgehead atoms. The lowest BCUT2D eigenvalue weighted by Crippen LogP contribution is -2.17. The fourth-order valence-electron chi connectivity index (χ4n) is 15.0. The molecular formula is C80H68N2. The summed E-state index contributed by atoms with van der Waals surface area (Å²) in [5, 5.41) is 0. The standard InChI is InChI=1S/C80H68N2/c1-80(2)74-28-16-27-71(59-21-11-5-12-22-59)79(74)72-48-47-68(53-75(72)80)82(67-45-41-63(42-46-67)78-69(57-17-7-3-8-18-57)25-15-26-70(78)58-19-9-4-10-20-58)77-52-55-30-35-61-34-29-54(31-36-62(77)37-32-55)51-76(61)81(65-23-13-6-14-24-65)66-43-39-60(40-44-66)73-50-56-33-38-64(73)49-56/h3-29,32,34,37,39-48,51-53,56,64,73H,30-31,33,35-36,38,49-50H2,1-2H3. The normalized spacial score (nSPS) is 17.2. The molecule has 2 fully saturated rings. The Kier molecular flexibility index (Phi) is 12.7. The first-order valence-corrected chi connectivity index (χ1v) is 30.1. The molecule has 0 heterocycles. The molecule has 11 aromatic carbocycles. The van der Waals surface area contributed by atoms with Crippen molar-refractivity contribution in [3.05, 3.63) is 300 Å². The van der Waals surface area contributed by atoms with Crippen LogP contribution in [0.2, 0.25) is 0 Å². The lowest BCUT2D eigenvalue weighted by molar-refractivity contribution is 0.420. The van der Waals surface area contributed by atoms with Crippen molar-refractivity contribution in [2.75, 3.05) is 9.80 Å². The number of rotatable bonds is 11. The molecule has 0 spiro atoms. The monoisotopic (exact) mass is 1060 g/mol. The topological polar surface area (TPSA) is 6.48 Å². The minimum Gasteiger partial charge on any atom is -0.310 e. The molecule has 2 nitrogen and oxygen atoms in total. The van der Waals surface area contributed by atoms with E-state index in [1.807, 2.05) is 0 Å². The van der Waals surface area contributed by atoms with Crippen molar-refractivity contribution >= 4 is 34.1 Å². The Balaban J connectivity index is 0.843. The number of fused-ring (bicyclic) bond motifs is 5. The smallest absolute Gasteiger partial charge is 0.0496 e. The quantitative estimate of drug-likeness (QED) is 0.127. The summed E-state index contributed by atoms with van der Waals surface area (Å²) in [6.07, 6.45) is 9.23. The van der Waals surface area contributed by atoms with E-state index in [4.69, 9.17) is 0 Å². The van der Waals surface area contributed by atoms with Crippen molar-refractivity contribution in [1.82, 2.24) is 0 Å². The Labute approximate surface area is 485 Å². The summed E-state index contributed by atoms with van der Waals surface area (Å²) in [5.41, 5.74) is 29.2. The van der Waals surface area contributed by atoms with Gasteiger partial charge in [0.25, 0.3) is 0 Å². The Hall–Kier alpha value is -8.98. The third kappa shape index (κ3) is 8.97. The van der Waals surface area contributed by atoms with Crippen molar-refractivity contribution in [2.45, 2.75) is 76.5 Å². The Morgan fingerprint density at radius 2 is 0.829 bits per heavy atom. The Morgan fingerprint density at radius 1 is 0.341 bits per heavy atom. The highest BCUT2D eigenvalue weighted by molar-refractivity contribution is 5.97. The Morgan fingerprint density at radius 3 is 1.37 bits per heavy atom. The van der Waals surface area contributed by atoms with Crippen LogP contribution in [0.1, 0.15) is 84.4 Å². The van der Waals surface area contributed by atoms with Gasteiger partial charge in [0, 0.05) is 39.5 Å². The average Bonchev–Trinajstić information content (AvgIpc) is 4.37. The van der Waals surface area contributed by atoms with E-state index < -0.39 is 0 Å². The Bertz CT molecular complexity index is 4070. The second-order valence-corrected chi connectivity index (χ2v) is 24.3. The molecule has 7 aliphatic rings. The van der Waals surface area contributed by atoms with Crippen LogP contribution in [-0.2, 0) is 31.1 Å². The third-order valence-electron chi connectivity index (χ3n) is 19.2. The molecule has 11 aromatic rings. The molecule has 0 saturated heterocycles. The van der Waals surface area contributed by atoms with Gasteiger partial charge in [0.15, 0.2) is 0 Å². The summed E-state index contributed by atoms with van der Waals surface area (Å²) in [4.78, 5) is 5.11. The summed E-state index contributed by atoms with van der Waals surface area (Å²) in [7, 11) is 0. The molecule has 398 valence electrons. The van der Waals surface area contributed by atoms with Gasteiger partial charge < -0.3 is 9.80 Å². The molecule has 2 heteroatoms. The van der Waals surface area contributed by atoms with Crippen LogP contribution in [0.3, 0.4) is 0 Å². The minimum absolute atomic E-state index is 0.216. The van der Waals surface area contributed by atoms with E-state index >= 15 is 0 Å². The predicted molar refractivity (Wildman–Crippen MR) is 345 cm³/mol. The van der Waals surface area contributed by atoms with Gasteiger partial charge in [-0.15, -0.1) is 0 Å². The van der Waals surface area contributed by atoms with Crippen LogP contribution >= 0.6 is 0 Å². The lowest BCUT2D eigenvalue weighted by atomic mass is 9.81. The van der Waals surface area contributed by atoms with E-state index in [0.717, 1.165) is 43.2 Å². The zero-order chi connectivity index (χ0) is 54.7. The first-order chi connectivity index (χ1) is 40.4. The number of nitrogens with zero attached hydrogens (tertiary/aromatic N) is 2. The van der Waals surface area contributed by atoms with Gasteiger partial charge in [0.1, 0.15) is 0 Å². The molecule has 3 unspecified atom stereocenters. The highest BCUT2D eigenvalue weighted by Gasteiger charge is 2.41. The summed E-state index contributed by atoms with van der Waals surface area (Å²) in [6, 6.07) is 98.7. The second kappa shape index (κ2) is 20.8. The molecule has 0 aliphatic heterocycles. The van der Waals surface area contributed by atoms with Gasteiger partial charge in [-0.1, -0.05) is 220 Å². The number of para-hydroxylation sites is 1. The molecule has 0 aromatic heterocycles. The highest BCUT2D eigenvalue weighted by Crippen LogP contribution is 2.56. The van der Waals surface area contributed by atoms with Gasteiger partial charge in [-0.25, -0.2) is 0 Å². The van der Waals surface area contributed by atoms with Crippen LogP contribution in [0.5, 0.6) is 0 Å². The van der Waals surface area contributed by atoms with Gasteiger partial charge in [-0.3, -0.25) is 0 Å². The van der Waals surface area contributed by atoms with Crippen LogP contribution in [0.4, 0.5) is 34.1 Å². The molecule has 82 heavy (non-hydrogen) atoms. The van der Waals surface area contributed by atoms with E-state index in [9.17, 15) is 0 Å². The molecular weight excluding hydrogens is 989 g/mol. The third-order valence-corrected chi connectivity index (χ3v) is 19.2. The van der Waals surface area contributed by atoms with Crippen molar-refractivity contribution in [3.63, 3.8) is 0 Å². The van der Waals surface area contributed by atoms with Gasteiger partial charge in [0.05, 0.1) is 0 Å². The van der Waals surface area contributed by atoms with E-state index in [0.29, 0.717) is 5.92 Å². The van der Waals surface area contributed by atoms with Crippen molar-refractivity contribution < 1.29 is 0 Å². The molecule has 3 atom stereocenters. The van der Waals surface area contributed by atoms with Crippen LogP contribution in [0.25, 0.3) is 55.6 Å². The number of aryl methyl sites for hydroxylation is 4. The molecule has 0 N–H and O–H groups in total. The summed E-state index contributed by atoms with van der Waals surface area (Å²) >= 11 is 0. The van der Waals surface area contributed by atoms with E-state index in [1.54, 1.807) is 0 Å². The number of hydrogen-bond acceptors (Lipinski definition) is 2. The predicted octanol–water partition coefficient (Wildman–Crippen LogP) is 21.4. The van der Waals surface area contributed by atoms with Crippen LogP contribution in [0, 0.1) is 11.8 Å². The fourth-order valence-corrected chi connectivity index (χ4v) is 15.0. The largest absolute Gasteiger partial charge is 0.310 e. The van der Waals surface area contributed by atoms with Crippen molar-refractivity contribution in [2.24, 2.45) is 11.8 Å².